The number of halogens is 1. The Hall–Kier alpha value is -3.92. The zero-order valence-corrected chi connectivity index (χ0v) is 20.7. The Balaban J connectivity index is 1.45. The van der Waals surface area contributed by atoms with Crippen molar-refractivity contribution in [1.82, 2.24) is 0 Å². The normalized spacial score (nSPS) is 11.2. The fourth-order valence-corrected chi connectivity index (χ4v) is 4.30. The number of carbonyl (C=O) groups is 2. The van der Waals surface area contributed by atoms with Crippen LogP contribution in [0.15, 0.2) is 83.8 Å². The fourth-order valence-electron chi connectivity index (χ4n) is 3.53. The first-order valence-electron chi connectivity index (χ1n) is 10.8. The SMILES string of the molecule is Cc1cc(S(N)(=O)=O)ccc1NC(=O)COc1ccc(Cl)cc1NC(=O)c1ccc2ccccc2c1. The van der Waals surface area contributed by atoms with Gasteiger partial charge in [-0.1, -0.05) is 41.9 Å². The van der Waals surface area contributed by atoms with E-state index in [9.17, 15) is 18.0 Å². The van der Waals surface area contributed by atoms with Gasteiger partial charge in [0, 0.05) is 16.3 Å². The quantitative estimate of drug-likeness (QED) is 0.323. The molecule has 0 bridgehead atoms. The molecule has 0 atom stereocenters. The van der Waals surface area contributed by atoms with Crippen molar-refractivity contribution in [2.75, 3.05) is 17.2 Å². The van der Waals surface area contributed by atoms with Crippen molar-refractivity contribution < 1.29 is 22.7 Å². The lowest BCUT2D eigenvalue weighted by molar-refractivity contribution is -0.118. The molecule has 0 aliphatic rings. The Kier molecular flexibility index (Phi) is 7.25. The summed E-state index contributed by atoms with van der Waals surface area (Å²) in [6.07, 6.45) is 0. The number of carbonyl (C=O) groups excluding carboxylic acids is 2. The number of rotatable bonds is 7. The Morgan fingerprint density at radius 1 is 0.889 bits per heavy atom. The van der Waals surface area contributed by atoms with Gasteiger partial charge in [0.15, 0.2) is 6.61 Å². The average molecular weight is 524 g/mol. The molecule has 0 spiro atoms. The third-order valence-electron chi connectivity index (χ3n) is 5.36. The number of hydrogen-bond acceptors (Lipinski definition) is 5. The molecule has 36 heavy (non-hydrogen) atoms. The summed E-state index contributed by atoms with van der Waals surface area (Å²) in [6.45, 7) is 1.28. The summed E-state index contributed by atoms with van der Waals surface area (Å²) in [5.41, 5.74) is 1.69. The van der Waals surface area contributed by atoms with Crippen molar-refractivity contribution in [3.05, 3.63) is 95.0 Å². The standard InChI is InChI=1S/C26H22ClN3O5S/c1-16-12-21(36(28,33)34)9-10-22(16)29-25(31)15-35-24-11-8-20(27)14-23(24)30-26(32)19-7-6-17-4-2-3-5-18(17)13-19/h2-14H,15H2,1H3,(H,29,31)(H,30,32)(H2,28,33,34). The number of primary sulfonamides is 1. The molecule has 4 aromatic rings. The number of nitrogens with one attached hydrogen (secondary N) is 2. The lowest BCUT2D eigenvalue weighted by Gasteiger charge is -2.14. The molecule has 8 nitrogen and oxygen atoms in total. The predicted octanol–water partition coefficient (Wildman–Crippen LogP) is 4.72. The maximum Gasteiger partial charge on any atom is 0.262 e. The summed E-state index contributed by atoms with van der Waals surface area (Å²) in [5, 5.41) is 12.9. The van der Waals surface area contributed by atoms with Crippen LogP contribution in [0.4, 0.5) is 11.4 Å². The van der Waals surface area contributed by atoms with Crippen LogP contribution < -0.4 is 20.5 Å². The van der Waals surface area contributed by atoms with Gasteiger partial charge in [-0.15, -0.1) is 0 Å². The molecule has 0 aliphatic carbocycles. The van der Waals surface area contributed by atoms with Gasteiger partial charge in [0.25, 0.3) is 11.8 Å². The molecule has 0 saturated heterocycles. The van der Waals surface area contributed by atoms with Crippen LogP contribution in [0.1, 0.15) is 15.9 Å². The van der Waals surface area contributed by atoms with Gasteiger partial charge < -0.3 is 15.4 Å². The lowest BCUT2D eigenvalue weighted by Crippen LogP contribution is -2.21. The highest BCUT2D eigenvalue weighted by Crippen LogP contribution is 2.29. The van der Waals surface area contributed by atoms with E-state index in [1.807, 2.05) is 30.3 Å². The zero-order valence-electron chi connectivity index (χ0n) is 19.1. The monoisotopic (exact) mass is 523 g/mol. The number of anilines is 2. The van der Waals surface area contributed by atoms with E-state index in [1.54, 1.807) is 31.2 Å². The summed E-state index contributed by atoms with van der Waals surface area (Å²) >= 11 is 6.12. The molecule has 0 radical (unpaired) electrons. The van der Waals surface area contributed by atoms with Gasteiger partial charge in [-0.05, 0) is 71.8 Å². The zero-order chi connectivity index (χ0) is 25.9. The second-order valence-corrected chi connectivity index (χ2v) is 10.0. The van der Waals surface area contributed by atoms with Gasteiger partial charge in [-0.2, -0.15) is 0 Å². The molecule has 0 heterocycles. The molecule has 4 N–H and O–H groups in total. The molecule has 0 fully saturated rings. The van der Waals surface area contributed by atoms with Crippen molar-refractivity contribution in [3.63, 3.8) is 0 Å². The van der Waals surface area contributed by atoms with Gasteiger partial charge in [-0.3, -0.25) is 9.59 Å². The van der Waals surface area contributed by atoms with Crippen molar-refractivity contribution in [3.8, 4) is 5.75 Å². The van der Waals surface area contributed by atoms with E-state index in [4.69, 9.17) is 21.5 Å². The molecular weight excluding hydrogens is 502 g/mol. The predicted molar refractivity (Wildman–Crippen MR) is 140 cm³/mol. The van der Waals surface area contributed by atoms with E-state index in [0.29, 0.717) is 27.5 Å². The molecule has 10 heteroatoms. The summed E-state index contributed by atoms with van der Waals surface area (Å²) < 4.78 is 28.6. The number of sulfonamides is 1. The first kappa shape index (κ1) is 25.2. The second kappa shape index (κ2) is 10.4. The average Bonchev–Trinajstić information content (AvgIpc) is 2.83. The highest BCUT2D eigenvalue weighted by molar-refractivity contribution is 7.89. The van der Waals surface area contributed by atoms with Crippen LogP contribution in [-0.4, -0.2) is 26.8 Å². The van der Waals surface area contributed by atoms with Crippen LogP contribution in [-0.2, 0) is 14.8 Å². The van der Waals surface area contributed by atoms with E-state index >= 15 is 0 Å². The van der Waals surface area contributed by atoms with E-state index in [0.717, 1.165) is 10.8 Å². The van der Waals surface area contributed by atoms with Crippen LogP contribution in [0.2, 0.25) is 5.02 Å². The van der Waals surface area contributed by atoms with E-state index in [2.05, 4.69) is 10.6 Å². The third kappa shape index (κ3) is 6.01. The fraction of sp³-hybridized carbons (Fsp3) is 0.0769. The van der Waals surface area contributed by atoms with Gasteiger partial charge in [0.05, 0.1) is 10.6 Å². The highest BCUT2D eigenvalue weighted by atomic mass is 35.5. The van der Waals surface area contributed by atoms with E-state index in [-0.39, 0.29) is 23.2 Å². The van der Waals surface area contributed by atoms with Crippen LogP contribution in [0, 0.1) is 6.92 Å². The van der Waals surface area contributed by atoms with Crippen molar-refractivity contribution in [2.24, 2.45) is 5.14 Å². The molecule has 4 rings (SSSR count). The maximum absolute atomic E-state index is 12.9. The number of aryl methyl sites for hydroxylation is 1. The number of ether oxygens (including phenoxy) is 1. The van der Waals surface area contributed by atoms with Crippen molar-refractivity contribution in [2.45, 2.75) is 11.8 Å². The summed E-state index contributed by atoms with van der Waals surface area (Å²) in [6, 6.07) is 21.9. The minimum Gasteiger partial charge on any atom is -0.482 e. The number of benzene rings is 4. The molecule has 184 valence electrons. The lowest BCUT2D eigenvalue weighted by atomic mass is 10.1. The molecule has 0 unspecified atom stereocenters. The van der Waals surface area contributed by atoms with Gasteiger partial charge in [-0.25, -0.2) is 13.6 Å². The van der Waals surface area contributed by atoms with Gasteiger partial charge in [0.2, 0.25) is 10.0 Å². The third-order valence-corrected chi connectivity index (χ3v) is 6.51. The van der Waals surface area contributed by atoms with Crippen LogP contribution in [0.5, 0.6) is 5.75 Å². The minimum absolute atomic E-state index is 0.0535. The van der Waals surface area contributed by atoms with Crippen molar-refractivity contribution in [1.29, 1.82) is 0 Å². The second-order valence-electron chi connectivity index (χ2n) is 8.02. The van der Waals surface area contributed by atoms with E-state index in [1.165, 1.54) is 24.3 Å². The number of hydrogen-bond donors (Lipinski definition) is 3. The number of nitrogens with two attached hydrogens (primary N) is 1. The minimum atomic E-state index is -3.85. The van der Waals surface area contributed by atoms with Gasteiger partial charge >= 0.3 is 0 Å². The smallest absolute Gasteiger partial charge is 0.262 e. The number of fused-ring (bicyclic) bond motifs is 1. The maximum atomic E-state index is 12.9. The van der Waals surface area contributed by atoms with Gasteiger partial charge in [0.1, 0.15) is 5.75 Å². The Morgan fingerprint density at radius 2 is 1.64 bits per heavy atom. The van der Waals surface area contributed by atoms with Crippen LogP contribution >= 0.6 is 11.6 Å². The Morgan fingerprint density at radius 3 is 2.36 bits per heavy atom. The summed E-state index contributed by atoms with van der Waals surface area (Å²) in [5.74, 6) is -0.587. The first-order valence-corrected chi connectivity index (χ1v) is 12.7. The molecule has 0 aliphatic heterocycles. The van der Waals surface area contributed by atoms with Crippen LogP contribution in [0.3, 0.4) is 0 Å². The van der Waals surface area contributed by atoms with Crippen molar-refractivity contribution >= 4 is 55.6 Å². The summed E-state index contributed by atoms with van der Waals surface area (Å²) in [7, 11) is -3.85. The Labute approximate surface area is 213 Å². The first-order chi connectivity index (χ1) is 17.1. The molecule has 4 aromatic carbocycles. The summed E-state index contributed by atoms with van der Waals surface area (Å²) in [4.78, 5) is 25.3. The largest absolute Gasteiger partial charge is 0.482 e. The molecule has 2 amide bonds. The molecular formula is C26H22ClN3O5S. The van der Waals surface area contributed by atoms with E-state index < -0.39 is 15.9 Å². The highest BCUT2D eigenvalue weighted by Gasteiger charge is 2.15. The topological polar surface area (TPSA) is 128 Å². The molecule has 0 saturated carbocycles. The number of amides is 2. The molecule has 0 aromatic heterocycles. The Bertz CT molecular complexity index is 1590. The van der Waals surface area contributed by atoms with Crippen LogP contribution in [0.25, 0.3) is 10.8 Å².